The second kappa shape index (κ2) is 8.00. The van der Waals surface area contributed by atoms with Crippen LogP contribution in [0.5, 0.6) is 0 Å². The average Bonchev–Trinajstić information content (AvgIpc) is 3.15. The van der Waals surface area contributed by atoms with Crippen LogP contribution < -0.4 is 5.32 Å². The number of nitrogens with one attached hydrogen (secondary N) is 1. The summed E-state index contributed by atoms with van der Waals surface area (Å²) in [7, 11) is 0. The minimum Gasteiger partial charge on any atom is -0.424 e. The first-order valence-corrected chi connectivity index (χ1v) is 11.3. The predicted molar refractivity (Wildman–Crippen MR) is 118 cm³/mol. The van der Waals surface area contributed by atoms with Crippen LogP contribution in [0.4, 0.5) is 0 Å². The van der Waals surface area contributed by atoms with Gasteiger partial charge in [-0.25, -0.2) is 4.98 Å². The monoisotopic (exact) mass is 467 g/mol. The number of nitriles is 1. The molecule has 0 atom stereocenters. The summed E-state index contributed by atoms with van der Waals surface area (Å²) in [4.78, 5) is 16.7. The molecule has 0 saturated heterocycles. The number of carbonyl (C=O) groups excluding carboxylic acids is 1. The normalized spacial score (nSPS) is 14.4. The molecule has 1 N–H and O–H groups in total. The minimum absolute atomic E-state index is 0.0586. The molecule has 3 heterocycles. The van der Waals surface area contributed by atoms with E-state index in [9.17, 15) is 4.79 Å². The molecule has 9 nitrogen and oxygen atoms in total. The number of amides is 1. The Labute approximate surface area is 192 Å². The zero-order valence-electron chi connectivity index (χ0n) is 17.1. The predicted octanol–water partition coefficient (Wildman–Crippen LogP) is 3.52. The third kappa shape index (κ3) is 3.97. The van der Waals surface area contributed by atoms with Crippen molar-refractivity contribution in [1.29, 1.82) is 5.26 Å². The van der Waals surface area contributed by atoms with Crippen LogP contribution in [0.25, 0.3) is 21.3 Å². The molecule has 1 fully saturated rings. The maximum atomic E-state index is 12.1. The molecule has 1 amide bonds. The van der Waals surface area contributed by atoms with Gasteiger partial charge >= 0.3 is 0 Å². The van der Waals surface area contributed by atoms with Crippen molar-refractivity contribution in [2.24, 2.45) is 0 Å². The molecule has 11 heteroatoms. The van der Waals surface area contributed by atoms with Gasteiger partial charge in [0.25, 0.3) is 0 Å². The van der Waals surface area contributed by atoms with Gasteiger partial charge in [0.2, 0.25) is 17.7 Å². The highest BCUT2D eigenvalue weighted by Gasteiger charge is 2.44. The second-order valence-electron chi connectivity index (χ2n) is 7.65. The van der Waals surface area contributed by atoms with Crippen LogP contribution >= 0.6 is 22.9 Å². The van der Waals surface area contributed by atoms with Crippen molar-refractivity contribution in [3.63, 3.8) is 0 Å². The number of rotatable bonds is 7. The summed E-state index contributed by atoms with van der Waals surface area (Å²) in [6.07, 6.45) is 5.40. The standard InChI is InChI=1S/C21H18ClN7O2S/c1-2-29-10-12(9-24-29)13-3-4-14-20(19(13)22)32-18(25-14)8-17-28-27-16(31-17)7-15(30)26-21(11-23)5-6-21/h3-4,9-10H,2,5-8H2,1H3,(H,26,30). The molecule has 1 aliphatic rings. The van der Waals surface area contributed by atoms with E-state index in [4.69, 9.17) is 21.3 Å². The molecule has 5 rings (SSSR count). The van der Waals surface area contributed by atoms with Crippen LogP contribution in [0.3, 0.4) is 0 Å². The Morgan fingerprint density at radius 2 is 2.19 bits per heavy atom. The Bertz CT molecular complexity index is 1360. The minimum atomic E-state index is -0.714. The molecule has 1 saturated carbocycles. The quantitative estimate of drug-likeness (QED) is 0.441. The molecule has 4 aromatic rings. The van der Waals surface area contributed by atoms with Crippen LogP contribution in [0.1, 0.15) is 36.6 Å². The molecule has 1 aliphatic carbocycles. The Morgan fingerprint density at radius 1 is 1.38 bits per heavy atom. The van der Waals surface area contributed by atoms with Crippen LogP contribution in [0.2, 0.25) is 5.02 Å². The van der Waals surface area contributed by atoms with Crippen molar-refractivity contribution in [1.82, 2.24) is 30.3 Å². The third-order valence-corrected chi connectivity index (χ3v) is 6.87. The largest absolute Gasteiger partial charge is 0.424 e. The number of nitrogens with zero attached hydrogens (tertiary/aromatic N) is 6. The molecule has 0 bridgehead atoms. The number of hydrogen-bond acceptors (Lipinski definition) is 8. The molecule has 3 aromatic heterocycles. The van der Waals surface area contributed by atoms with Crippen molar-refractivity contribution in [2.75, 3.05) is 0 Å². The van der Waals surface area contributed by atoms with Gasteiger partial charge in [-0.05, 0) is 25.8 Å². The summed E-state index contributed by atoms with van der Waals surface area (Å²) in [5, 5.41) is 25.5. The highest BCUT2D eigenvalue weighted by Crippen LogP contribution is 2.38. The number of aromatic nitrogens is 5. The van der Waals surface area contributed by atoms with Gasteiger partial charge in [-0.2, -0.15) is 10.4 Å². The fourth-order valence-corrected chi connectivity index (χ4v) is 4.76. The molecular formula is C21H18ClN7O2S. The Morgan fingerprint density at radius 3 is 2.91 bits per heavy atom. The maximum Gasteiger partial charge on any atom is 0.230 e. The summed E-state index contributed by atoms with van der Waals surface area (Å²) < 4.78 is 8.35. The van der Waals surface area contributed by atoms with Crippen LogP contribution in [-0.4, -0.2) is 36.4 Å². The van der Waals surface area contributed by atoms with Crippen molar-refractivity contribution in [3.05, 3.63) is 46.3 Å². The topological polar surface area (TPSA) is 123 Å². The zero-order chi connectivity index (χ0) is 22.3. The molecule has 0 spiro atoms. The lowest BCUT2D eigenvalue weighted by atomic mass is 10.1. The Hall–Kier alpha value is -3.29. The van der Waals surface area contributed by atoms with E-state index in [1.54, 1.807) is 6.20 Å². The summed E-state index contributed by atoms with van der Waals surface area (Å²) in [5.41, 5.74) is 1.95. The maximum absolute atomic E-state index is 12.1. The summed E-state index contributed by atoms with van der Waals surface area (Å²) in [6.45, 7) is 2.82. The van der Waals surface area contributed by atoms with Gasteiger partial charge in [-0.1, -0.05) is 17.7 Å². The number of halogens is 1. The smallest absolute Gasteiger partial charge is 0.230 e. The van der Waals surface area contributed by atoms with Crippen molar-refractivity contribution >= 4 is 39.1 Å². The van der Waals surface area contributed by atoms with Crippen molar-refractivity contribution in [2.45, 2.75) is 44.7 Å². The number of carbonyl (C=O) groups is 1. The van der Waals surface area contributed by atoms with E-state index in [1.165, 1.54) is 11.3 Å². The van der Waals surface area contributed by atoms with E-state index in [0.717, 1.165) is 32.9 Å². The Balaban J connectivity index is 1.31. The highest BCUT2D eigenvalue weighted by atomic mass is 35.5. The SMILES string of the molecule is CCn1cc(-c2ccc3nc(Cc4nnc(CC(=O)NC5(C#N)CC5)o4)sc3c2Cl)cn1. The van der Waals surface area contributed by atoms with E-state index in [1.807, 2.05) is 29.9 Å². The second-order valence-corrected chi connectivity index (χ2v) is 9.11. The van der Waals surface area contributed by atoms with Gasteiger partial charge in [0.1, 0.15) is 17.0 Å². The van der Waals surface area contributed by atoms with Crippen molar-refractivity contribution in [3.8, 4) is 17.2 Å². The first-order valence-electron chi connectivity index (χ1n) is 10.1. The number of hydrogen-bond donors (Lipinski definition) is 1. The first-order chi connectivity index (χ1) is 15.5. The fraction of sp³-hybridized carbons (Fsp3) is 0.333. The Kier molecular flexibility index (Phi) is 5.15. The van der Waals surface area contributed by atoms with Gasteiger partial charge in [-0.15, -0.1) is 21.5 Å². The van der Waals surface area contributed by atoms with Crippen LogP contribution in [0.15, 0.2) is 28.9 Å². The molecule has 0 radical (unpaired) electrons. The molecule has 0 aliphatic heterocycles. The van der Waals surface area contributed by atoms with E-state index in [-0.39, 0.29) is 18.2 Å². The molecule has 0 unspecified atom stereocenters. The van der Waals surface area contributed by atoms with Gasteiger partial charge in [-0.3, -0.25) is 9.48 Å². The highest BCUT2D eigenvalue weighted by molar-refractivity contribution is 7.19. The van der Waals surface area contributed by atoms with E-state index in [0.29, 0.717) is 30.2 Å². The molecule has 162 valence electrons. The summed E-state index contributed by atoms with van der Waals surface area (Å²) >= 11 is 8.16. The summed E-state index contributed by atoms with van der Waals surface area (Å²) in [6, 6.07) is 6.01. The van der Waals surface area contributed by atoms with Gasteiger partial charge in [0.05, 0.1) is 33.9 Å². The summed E-state index contributed by atoms with van der Waals surface area (Å²) in [5.74, 6) is 0.277. The number of benzene rings is 1. The van der Waals surface area contributed by atoms with E-state index >= 15 is 0 Å². The van der Waals surface area contributed by atoms with Gasteiger partial charge in [0.15, 0.2) is 0 Å². The average molecular weight is 468 g/mol. The third-order valence-electron chi connectivity index (χ3n) is 5.28. The first kappa shape index (κ1) is 20.6. The number of aryl methyl sites for hydroxylation is 1. The lowest BCUT2D eigenvalue weighted by Gasteiger charge is -2.06. The van der Waals surface area contributed by atoms with E-state index < -0.39 is 5.54 Å². The molecular weight excluding hydrogens is 450 g/mol. The van der Waals surface area contributed by atoms with E-state index in [2.05, 4.69) is 31.7 Å². The molecule has 32 heavy (non-hydrogen) atoms. The fourth-order valence-electron chi connectivity index (χ4n) is 3.38. The lowest BCUT2D eigenvalue weighted by molar-refractivity contribution is -0.121. The van der Waals surface area contributed by atoms with Crippen molar-refractivity contribution < 1.29 is 9.21 Å². The molecule has 1 aromatic carbocycles. The number of fused-ring (bicyclic) bond motifs is 1. The van der Waals surface area contributed by atoms with Gasteiger partial charge < -0.3 is 9.73 Å². The number of thiazole rings is 1. The van der Waals surface area contributed by atoms with Crippen LogP contribution in [-0.2, 0) is 24.2 Å². The van der Waals surface area contributed by atoms with Gasteiger partial charge in [0, 0.05) is 23.9 Å². The zero-order valence-corrected chi connectivity index (χ0v) is 18.7. The van der Waals surface area contributed by atoms with Crippen LogP contribution in [0, 0.1) is 11.3 Å². The lowest BCUT2D eigenvalue weighted by Crippen LogP contribution is -2.36.